The number of quaternary nitrogens is 1. The first-order valence-corrected chi connectivity index (χ1v) is 14.6. The molecule has 0 aromatic heterocycles. The number of amides is 2. The number of ether oxygens (including phenoxy) is 5. The second-order valence-electron chi connectivity index (χ2n) is 10.6. The summed E-state index contributed by atoms with van der Waals surface area (Å²) in [7, 11) is 4.28. The van der Waals surface area contributed by atoms with Gasteiger partial charge in [-0.25, -0.2) is 9.18 Å². The minimum atomic E-state index is -1.41. The maximum atomic E-state index is 14.6. The smallest absolute Gasteiger partial charge is 0.493 e. The molecule has 2 amide bonds. The first-order valence-electron chi connectivity index (χ1n) is 14.6. The SMILES string of the molecule is COCOc1ccc(C(=O)NC2CCCC[N+](OC(=O)c3ccc(C(=O)c4c(F)cccc4OCOC)cc3)(C(=O)O)C2)cc1OC. The molecule has 250 valence electrons. The summed E-state index contributed by atoms with van der Waals surface area (Å²) in [5, 5.41) is 13.1. The summed E-state index contributed by atoms with van der Waals surface area (Å²) in [4.78, 5) is 57.7. The Morgan fingerprint density at radius 2 is 1.51 bits per heavy atom. The van der Waals surface area contributed by atoms with Gasteiger partial charge in [0, 0.05) is 31.8 Å². The number of rotatable bonds is 12. The topological polar surface area (TPSA) is 156 Å². The molecule has 1 aliphatic rings. The van der Waals surface area contributed by atoms with Gasteiger partial charge in [-0.05, 0) is 60.0 Å². The summed E-state index contributed by atoms with van der Waals surface area (Å²) >= 11 is 0. The number of nitrogens with zero attached hydrogens (tertiary/aromatic N) is 1. The maximum absolute atomic E-state index is 14.6. The minimum absolute atomic E-state index is 0.0108. The average molecular weight is 656 g/mol. The third-order valence-corrected chi connectivity index (χ3v) is 7.45. The van der Waals surface area contributed by atoms with Gasteiger partial charge in [0.25, 0.3) is 5.91 Å². The third kappa shape index (κ3) is 8.41. The lowest BCUT2D eigenvalue weighted by Crippen LogP contribution is -2.58. The molecule has 0 spiro atoms. The van der Waals surface area contributed by atoms with Gasteiger partial charge < -0.3 is 34.1 Å². The van der Waals surface area contributed by atoms with Crippen LogP contribution in [0.15, 0.2) is 60.7 Å². The molecular formula is C33H36FN2O11+. The van der Waals surface area contributed by atoms with Crippen LogP contribution in [0.2, 0.25) is 0 Å². The minimum Gasteiger partial charge on any atom is -0.493 e. The number of nitrogens with one attached hydrogen (secondary N) is 1. The number of hydrogen-bond acceptors (Lipinski definition) is 10. The van der Waals surface area contributed by atoms with E-state index in [1.807, 2.05) is 0 Å². The predicted octanol–water partition coefficient (Wildman–Crippen LogP) is 4.58. The van der Waals surface area contributed by atoms with Crippen molar-refractivity contribution >= 4 is 23.8 Å². The van der Waals surface area contributed by atoms with Crippen molar-refractivity contribution in [3.05, 3.63) is 88.7 Å². The van der Waals surface area contributed by atoms with Gasteiger partial charge in [0.15, 0.2) is 37.4 Å². The molecule has 0 bridgehead atoms. The molecule has 1 aliphatic heterocycles. The lowest BCUT2D eigenvalue weighted by Gasteiger charge is -2.30. The molecule has 3 aromatic carbocycles. The normalized spacial score (nSPS) is 17.6. The largest absolute Gasteiger partial charge is 0.556 e. The number of hydrogen-bond donors (Lipinski definition) is 2. The van der Waals surface area contributed by atoms with Crippen LogP contribution in [0.4, 0.5) is 9.18 Å². The molecule has 2 N–H and O–H groups in total. The van der Waals surface area contributed by atoms with Crippen LogP contribution in [0.3, 0.4) is 0 Å². The number of carbonyl (C=O) groups is 4. The first kappa shape index (κ1) is 34.8. The molecule has 0 saturated carbocycles. The second-order valence-corrected chi connectivity index (χ2v) is 10.6. The van der Waals surface area contributed by atoms with Gasteiger partial charge >= 0.3 is 12.1 Å². The van der Waals surface area contributed by atoms with E-state index in [9.17, 15) is 28.7 Å². The summed E-state index contributed by atoms with van der Waals surface area (Å²) in [5.74, 6) is -2.25. The molecule has 1 heterocycles. The molecule has 0 aliphatic carbocycles. The molecule has 1 fully saturated rings. The Bertz CT molecular complexity index is 1600. The van der Waals surface area contributed by atoms with E-state index in [1.54, 1.807) is 6.07 Å². The van der Waals surface area contributed by atoms with Crippen LogP contribution in [0.1, 0.15) is 55.9 Å². The van der Waals surface area contributed by atoms with E-state index in [1.165, 1.54) is 69.9 Å². The molecule has 3 aromatic rings. The van der Waals surface area contributed by atoms with Crippen molar-refractivity contribution in [2.24, 2.45) is 0 Å². The summed E-state index contributed by atoms with van der Waals surface area (Å²) in [6.45, 7) is -0.470. The van der Waals surface area contributed by atoms with Gasteiger partial charge in [0.05, 0.1) is 18.7 Å². The molecular weight excluding hydrogens is 619 g/mol. The maximum Gasteiger partial charge on any atom is 0.556 e. The Labute approximate surface area is 270 Å². The molecule has 4 rings (SSSR count). The molecule has 0 radical (unpaired) electrons. The zero-order chi connectivity index (χ0) is 34.0. The monoisotopic (exact) mass is 655 g/mol. The van der Waals surface area contributed by atoms with E-state index in [0.717, 1.165) is 6.07 Å². The number of ketones is 1. The summed E-state index contributed by atoms with van der Waals surface area (Å²) in [6, 6.07) is 13.1. The third-order valence-electron chi connectivity index (χ3n) is 7.45. The van der Waals surface area contributed by atoms with Crippen molar-refractivity contribution in [1.29, 1.82) is 0 Å². The van der Waals surface area contributed by atoms with Crippen LogP contribution in [-0.4, -0.2) is 87.6 Å². The van der Waals surface area contributed by atoms with Crippen molar-refractivity contribution in [2.45, 2.75) is 25.3 Å². The highest BCUT2D eigenvalue weighted by Crippen LogP contribution is 2.29. The molecule has 14 heteroatoms. The number of carboxylic acid groups (broad SMARTS) is 1. The van der Waals surface area contributed by atoms with Gasteiger partial charge in [-0.15, -0.1) is 0 Å². The summed E-state index contributed by atoms with van der Waals surface area (Å²) in [6.07, 6.45) is 0.0302. The highest BCUT2D eigenvalue weighted by Gasteiger charge is 2.46. The van der Waals surface area contributed by atoms with E-state index in [2.05, 4.69) is 5.32 Å². The van der Waals surface area contributed by atoms with Crippen molar-refractivity contribution in [3.63, 3.8) is 0 Å². The van der Waals surface area contributed by atoms with Crippen LogP contribution in [0.5, 0.6) is 17.2 Å². The average Bonchev–Trinajstić information content (AvgIpc) is 3.28. The van der Waals surface area contributed by atoms with Crippen LogP contribution in [0, 0.1) is 5.82 Å². The highest BCUT2D eigenvalue weighted by atomic mass is 19.1. The van der Waals surface area contributed by atoms with Crippen LogP contribution in [0.25, 0.3) is 0 Å². The predicted molar refractivity (Wildman–Crippen MR) is 163 cm³/mol. The molecule has 2 unspecified atom stereocenters. The fourth-order valence-corrected chi connectivity index (χ4v) is 5.11. The van der Waals surface area contributed by atoms with Crippen molar-refractivity contribution in [1.82, 2.24) is 5.32 Å². The quantitative estimate of drug-likeness (QED) is 0.160. The van der Waals surface area contributed by atoms with Crippen LogP contribution < -0.4 is 19.5 Å². The Morgan fingerprint density at radius 3 is 2.17 bits per heavy atom. The van der Waals surface area contributed by atoms with Gasteiger partial charge in [0.2, 0.25) is 0 Å². The lowest BCUT2D eigenvalue weighted by atomic mass is 10.0. The van der Waals surface area contributed by atoms with E-state index in [-0.39, 0.29) is 54.7 Å². The van der Waals surface area contributed by atoms with Crippen molar-refractivity contribution in [2.75, 3.05) is 48.0 Å². The van der Waals surface area contributed by atoms with Crippen molar-refractivity contribution in [3.8, 4) is 17.2 Å². The first-order chi connectivity index (χ1) is 22.6. The highest BCUT2D eigenvalue weighted by molar-refractivity contribution is 6.11. The van der Waals surface area contributed by atoms with Crippen LogP contribution in [-0.2, 0) is 14.3 Å². The standard InChI is InChI=1S/C33H35FN2O11/c1-42-19-45-26-15-14-23(17-28(26)44-3)31(38)35-24-7-4-5-16-36(18-24,33(40)41)47-32(39)22-12-10-21(11-13-22)30(37)29-25(34)8-6-9-27(29)46-20-43-2/h6,8-15,17,24H,4-5,7,16,18-20H2,1-3H3,(H-,35,38,40,41)/p+1. The number of carbonyl (C=O) groups excluding carboxylic acids is 3. The Hall–Kier alpha value is -5.05. The molecule has 2 atom stereocenters. The Morgan fingerprint density at radius 1 is 0.851 bits per heavy atom. The number of benzene rings is 3. The van der Waals surface area contributed by atoms with E-state index >= 15 is 0 Å². The Kier molecular flexibility index (Phi) is 11.8. The van der Waals surface area contributed by atoms with Crippen molar-refractivity contribution < 1.29 is 61.8 Å². The number of likely N-dealkylation sites (tertiary alicyclic amines) is 1. The number of hydroxylamine groups is 3. The van der Waals surface area contributed by atoms with E-state index in [4.69, 9.17) is 28.5 Å². The van der Waals surface area contributed by atoms with E-state index in [0.29, 0.717) is 30.8 Å². The van der Waals surface area contributed by atoms with Crippen LogP contribution >= 0.6 is 0 Å². The second kappa shape index (κ2) is 16.0. The Balaban J connectivity index is 1.48. The fraction of sp³-hybridized carbons (Fsp3) is 0.333. The molecule has 13 nitrogen and oxygen atoms in total. The van der Waals surface area contributed by atoms with Gasteiger partial charge in [0.1, 0.15) is 23.7 Å². The van der Waals surface area contributed by atoms with Gasteiger partial charge in [-0.3, -0.25) is 14.4 Å². The summed E-state index contributed by atoms with van der Waals surface area (Å²) in [5.41, 5.74) is -0.0219. The zero-order valence-electron chi connectivity index (χ0n) is 26.2. The number of halogens is 1. The zero-order valence-corrected chi connectivity index (χ0v) is 26.2. The van der Waals surface area contributed by atoms with Gasteiger partial charge in [-0.2, -0.15) is 4.79 Å². The molecule has 1 saturated heterocycles. The number of methoxy groups -OCH3 is 3. The summed E-state index contributed by atoms with van der Waals surface area (Å²) < 4.78 is 39.4. The molecule has 47 heavy (non-hydrogen) atoms. The lowest BCUT2D eigenvalue weighted by molar-refractivity contribution is -1.03. The van der Waals surface area contributed by atoms with E-state index < -0.39 is 40.3 Å². The van der Waals surface area contributed by atoms with Gasteiger partial charge in [-0.1, -0.05) is 18.2 Å². The fourth-order valence-electron chi connectivity index (χ4n) is 5.11.